The summed E-state index contributed by atoms with van der Waals surface area (Å²) in [5, 5.41) is 0. The van der Waals surface area contributed by atoms with Crippen LogP contribution in [0.4, 0.5) is 0 Å². The maximum absolute atomic E-state index is 5.79. The van der Waals surface area contributed by atoms with E-state index in [4.69, 9.17) is 5.73 Å². The molecule has 0 bridgehead atoms. The van der Waals surface area contributed by atoms with Gasteiger partial charge in [-0.25, -0.2) is 0 Å². The second-order valence-electron chi connectivity index (χ2n) is 3.21. The molecule has 0 aromatic carbocycles. The van der Waals surface area contributed by atoms with Crippen molar-refractivity contribution in [2.45, 2.75) is 12.5 Å². The Hall–Kier alpha value is 0.01000. The maximum Gasteiger partial charge on any atom is 0.0180 e. The third-order valence-corrected chi connectivity index (χ3v) is 3.04. The van der Waals surface area contributed by atoms with Crippen LogP contribution < -0.4 is 5.73 Å². The molecule has 0 aromatic rings. The molecular weight excluding hydrogens is 168 g/mol. The molecule has 0 saturated carbocycles. The molecule has 1 atom stereocenters. The van der Waals surface area contributed by atoms with Gasteiger partial charge in [0.2, 0.25) is 0 Å². The highest BCUT2D eigenvalue weighted by Crippen LogP contribution is 2.08. The van der Waals surface area contributed by atoms with Crippen LogP contribution >= 0.6 is 11.8 Å². The number of hydrogen-bond acceptors (Lipinski definition) is 3. The Bertz CT molecular complexity index is 138. The van der Waals surface area contributed by atoms with Gasteiger partial charge in [0, 0.05) is 30.6 Å². The lowest BCUT2D eigenvalue weighted by molar-refractivity contribution is 0.357. The van der Waals surface area contributed by atoms with Crippen LogP contribution in [-0.2, 0) is 0 Å². The summed E-state index contributed by atoms with van der Waals surface area (Å²) < 4.78 is 0. The molecular formula is C9H18N2S. The smallest absolute Gasteiger partial charge is 0.0180 e. The first-order valence-corrected chi connectivity index (χ1v) is 5.65. The molecule has 70 valence electrons. The molecule has 1 heterocycles. The lowest BCUT2D eigenvalue weighted by Gasteiger charge is -2.13. The Kier molecular flexibility index (Phi) is 4.73. The molecule has 1 unspecified atom stereocenters. The number of thioether (sulfide) groups is 1. The number of likely N-dealkylation sites (tertiary alicyclic amines) is 1. The fourth-order valence-electron chi connectivity index (χ4n) is 1.43. The van der Waals surface area contributed by atoms with E-state index in [1.807, 2.05) is 17.8 Å². The van der Waals surface area contributed by atoms with Gasteiger partial charge < -0.3 is 10.6 Å². The van der Waals surface area contributed by atoms with Gasteiger partial charge in [-0.2, -0.15) is 11.8 Å². The van der Waals surface area contributed by atoms with Gasteiger partial charge in [0.25, 0.3) is 0 Å². The van der Waals surface area contributed by atoms with Crippen LogP contribution in [-0.4, -0.2) is 42.1 Å². The van der Waals surface area contributed by atoms with Crippen LogP contribution in [0.1, 0.15) is 6.42 Å². The third kappa shape index (κ3) is 3.61. The third-order valence-electron chi connectivity index (χ3n) is 2.10. The van der Waals surface area contributed by atoms with Crippen LogP contribution in [0.15, 0.2) is 12.7 Å². The second kappa shape index (κ2) is 5.62. The highest BCUT2D eigenvalue weighted by molar-refractivity contribution is 7.99. The van der Waals surface area contributed by atoms with Gasteiger partial charge in [0.15, 0.2) is 0 Å². The fourth-order valence-corrected chi connectivity index (χ4v) is 2.15. The zero-order valence-corrected chi connectivity index (χ0v) is 8.35. The average Bonchev–Trinajstić information content (AvgIpc) is 2.45. The standard InChI is InChI=1S/C9H18N2S/c1-2-6-12-7-5-11-4-3-9(10)8-11/h2,9H,1,3-8,10H2. The summed E-state index contributed by atoms with van der Waals surface area (Å²) in [6.45, 7) is 7.16. The van der Waals surface area contributed by atoms with Crippen LogP contribution in [0.5, 0.6) is 0 Å². The molecule has 0 radical (unpaired) electrons. The molecule has 2 N–H and O–H groups in total. The van der Waals surface area contributed by atoms with Crippen molar-refractivity contribution in [1.82, 2.24) is 4.90 Å². The molecule has 3 heteroatoms. The van der Waals surface area contributed by atoms with Crippen LogP contribution in [0.2, 0.25) is 0 Å². The first-order valence-electron chi connectivity index (χ1n) is 4.49. The first kappa shape index (κ1) is 10.1. The van der Waals surface area contributed by atoms with E-state index in [-0.39, 0.29) is 0 Å². The summed E-state index contributed by atoms with van der Waals surface area (Å²) in [4.78, 5) is 2.45. The normalized spacial score (nSPS) is 24.6. The van der Waals surface area contributed by atoms with Crippen LogP contribution in [0, 0.1) is 0 Å². The van der Waals surface area contributed by atoms with Crippen molar-refractivity contribution in [3.8, 4) is 0 Å². The van der Waals surface area contributed by atoms with E-state index >= 15 is 0 Å². The minimum atomic E-state index is 0.425. The minimum Gasteiger partial charge on any atom is -0.326 e. The van der Waals surface area contributed by atoms with Crippen molar-refractivity contribution >= 4 is 11.8 Å². The van der Waals surface area contributed by atoms with E-state index in [0.717, 1.165) is 12.3 Å². The van der Waals surface area contributed by atoms with Gasteiger partial charge in [0.05, 0.1) is 0 Å². The van der Waals surface area contributed by atoms with Gasteiger partial charge in [-0.3, -0.25) is 0 Å². The zero-order valence-electron chi connectivity index (χ0n) is 7.54. The Labute approximate surface area is 79.2 Å². The Balaban J connectivity index is 1.96. The van der Waals surface area contributed by atoms with Crippen molar-refractivity contribution < 1.29 is 0 Å². The van der Waals surface area contributed by atoms with E-state index in [2.05, 4.69) is 11.5 Å². The summed E-state index contributed by atoms with van der Waals surface area (Å²) in [5.41, 5.74) is 5.79. The predicted molar refractivity (Wildman–Crippen MR) is 56.6 cm³/mol. The topological polar surface area (TPSA) is 29.3 Å². The predicted octanol–water partition coefficient (Wildman–Crippen LogP) is 0.939. The number of rotatable bonds is 5. The van der Waals surface area contributed by atoms with Crippen molar-refractivity contribution in [3.05, 3.63) is 12.7 Å². The van der Waals surface area contributed by atoms with E-state index in [9.17, 15) is 0 Å². The molecule has 1 saturated heterocycles. The Morgan fingerprint density at radius 2 is 2.50 bits per heavy atom. The van der Waals surface area contributed by atoms with Crippen molar-refractivity contribution in [1.29, 1.82) is 0 Å². The monoisotopic (exact) mass is 186 g/mol. The maximum atomic E-state index is 5.79. The summed E-state index contributed by atoms with van der Waals surface area (Å²) in [6.07, 6.45) is 3.13. The van der Waals surface area contributed by atoms with Crippen LogP contribution in [0.3, 0.4) is 0 Å². The summed E-state index contributed by atoms with van der Waals surface area (Å²) in [5.74, 6) is 2.28. The SMILES string of the molecule is C=CCSCCN1CCC(N)C1. The zero-order chi connectivity index (χ0) is 8.81. The molecule has 1 aliphatic rings. The van der Waals surface area contributed by atoms with E-state index < -0.39 is 0 Å². The van der Waals surface area contributed by atoms with Gasteiger partial charge in [0.1, 0.15) is 0 Å². The van der Waals surface area contributed by atoms with E-state index in [0.29, 0.717) is 6.04 Å². The van der Waals surface area contributed by atoms with E-state index in [1.165, 1.54) is 25.3 Å². The Morgan fingerprint density at radius 1 is 1.67 bits per heavy atom. The molecule has 12 heavy (non-hydrogen) atoms. The lowest BCUT2D eigenvalue weighted by atomic mass is 10.3. The van der Waals surface area contributed by atoms with Crippen molar-refractivity contribution in [2.24, 2.45) is 5.73 Å². The highest BCUT2D eigenvalue weighted by atomic mass is 32.2. The number of nitrogens with zero attached hydrogens (tertiary/aromatic N) is 1. The Morgan fingerprint density at radius 3 is 3.08 bits per heavy atom. The molecule has 0 spiro atoms. The average molecular weight is 186 g/mol. The van der Waals surface area contributed by atoms with Crippen molar-refractivity contribution in [2.75, 3.05) is 31.1 Å². The molecule has 0 amide bonds. The van der Waals surface area contributed by atoms with Gasteiger partial charge in [-0.15, -0.1) is 6.58 Å². The molecule has 0 aliphatic carbocycles. The molecule has 1 rings (SSSR count). The van der Waals surface area contributed by atoms with Gasteiger partial charge >= 0.3 is 0 Å². The minimum absolute atomic E-state index is 0.425. The van der Waals surface area contributed by atoms with E-state index in [1.54, 1.807) is 0 Å². The molecule has 2 nitrogen and oxygen atoms in total. The van der Waals surface area contributed by atoms with Crippen LogP contribution in [0.25, 0.3) is 0 Å². The summed E-state index contributed by atoms with van der Waals surface area (Å²) in [6, 6.07) is 0.425. The second-order valence-corrected chi connectivity index (χ2v) is 4.36. The van der Waals surface area contributed by atoms with Crippen molar-refractivity contribution in [3.63, 3.8) is 0 Å². The quantitative estimate of drug-likeness (QED) is 0.512. The first-order chi connectivity index (χ1) is 5.83. The van der Waals surface area contributed by atoms with Gasteiger partial charge in [-0.1, -0.05) is 6.08 Å². The van der Waals surface area contributed by atoms with Gasteiger partial charge in [-0.05, 0) is 13.0 Å². The fraction of sp³-hybridized carbons (Fsp3) is 0.778. The summed E-state index contributed by atoms with van der Waals surface area (Å²) >= 11 is 1.94. The molecule has 0 aromatic heterocycles. The molecule has 1 fully saturated rings. The lowest BCUT2D eigenvalue weighted by Crippen LogP contribution is -2.28. The number of hydrogen-bond donors (Lipinski definition) is 1. The largest absolute Gasteiger partial charge is 0.326 e. The number of nitrogens with two attached hydrogens (primary N) is 1. The highest BCUT2D eigenvalue weighted by Gasteiger charge is 2.17. The molecule has 1 aliphatic heterocycles. The summed E-state index contributed by atoms with van der Waals surface area (Å²) in [7, 11) is 0.